The van der Waals surface area contributed by atoms with Crippen LogP contribution in [0.15, 0.2) is 12.1 Å². The van der Waals surface area contributed by atoms with Gasteiger partial charge >= 0.3 is 0 Å². The molecule has 1 aliphatic rings. The maximum atomic E-state index is 11.0. The molecule has 4 N–H and O–H groups in total. The van der Waals surface area contributed by atoms with E-state index in [4.69, 9.17) is 5.73 Å². The lowest BCUT2D eigenvalue weighted by Crippen LogP contribution is -2.35. The quantitative estimate of drug-likeness (QED) is 0.723. The van der Waals surface area contributed by atoms with Crippen molar-refractivity contribution in [3.8, 4) is 0 Å². The fourth-order valence-corrected chi connectivity index (χ4v) is 2.21. The predicted octanol–water partition coefficient (Wildman–Crippen LogP) is 0.420. The summed E-state index contributed by atoms with van der Waals surface area (Å²) in [7, 11) is 1.80. The molecule has 2 rings (SSSR count). The number of pyridine rings is 1. The number of amides is 1. The summed E-state index contributed by atoms with van der Waals surface area (Å²) in [6.45, 7) is 3.23. The Morgan fingerprint density at radius 3 is 3.00 bits per heavy atom. The van der Waals surface area contributed by atoms with E-state index in [-0.39, 0.29) is 11.9 Å². The Balaban J connectivity index is 2.07. The minimum atomic E-state index is 0.0167. The Kier molecular flexibility index (Phi) is 3.55. The Hall–Kier alpha value is -1.98. The summed E-state index contributed by atoms with van der Waals surface area (Å²) in [5.74, 6) is 1.60. The summed E-state index contributed by atoms with van der Waals surface area (Å²) < 4.78 is 0. The molecule has 1 saturated heterocycles. The zero-order chi connectivity index (χ0) is 13.1. The fraction of sp³-hybridized carbons (Fsp3) is 0.500. The van der Waals surface area contributed by atoms with Crippen molar-refractivity contribution in [3.63, 3.8) is 0 Å². The average Bonchev–Trinajstić information content (AvgIpc) is 2.77. The molecule has 1 amide bonds. The van der Waals surface area contributed by atoms with E-state index in [2.05, 4.69) is 20.5 Å². The third kappa shape index (κ3) is 2.64. The summed E-state index contributed by atoms with van der Waals surface area (Å²) in [5, 5.41) is 5.90. The van der Waals surface area contributed by atoms with Crippen LogP contribution in [0.1, 0.15) is 13.3 Å². The molecule has 1 unspecified atom stereocenters. The largest absolute Gasteiger partial charge is 0.396 e. The average molecular weight is 249 g/mol. The molecule has 0 bridgehead atoms. The zero-order valence-electron chi connectivity index (χ0n) is 10.7. The highest BCUT2D eigenvalue weighted by Gasteiger charge is 2.24. The number of nitrogens with two attached hydrogens (primary N) is 1. The molecule has 0 radical (unpaired) electrons. The third-order valence-corrected chi connectivity index (χ3v) is 3.07. The predicted molar refractivity (Wildman–Crippen MR) is 72.6 cm³/mol. The van der Waals surface area contributed by atoms with Gasteiger partial charge in [-0.1, -0.05) is 0 Å². The van der Waals surface area contributed by atoms with Crippen LogP contribution in [0.4, 0.5) is 17.3 Å². The molecule has 0 saturated carbocycles. The van der Waals surface area contributed by atoms with E-state index < -0.39 is 0 Å². The van der Waals surface area contributed by atoms with Crippen LogP contribution in [0, 0.1) is 0 Å². The molecular formula is C12H19N5O. The molecule has 1 aromatic rings. The molecule has 6 heteroatoms. The number of anilines is 3. The maximum Gasteiger partial charge on any atom is 0.217 e. The smallest absolute Gasteiger partial charge is 0.217 e. The second-order valence-corrected chi connectivity index (χ2v) is 4.49. The van der Waals surface area contributed by atoms with Crippen LogP contribution in [0.5, 0.6) is 0 Å². The van der Waals surface area contributed by atoms with E-state index in [0.717, 1.165) is 25.3 Å². The van der Waals surface area contributed by atoms with Gasteiger partial charge in [0, 0.05) is 33.1 Å². The van der Waals surface area contributed by atoms with Gasteiger partial charge in [-0.3, -0.25) is 4.79 Å². The lowest BCUT2D eigenvalue weighted by Gasteiger charge is -2.19. The number of carbonyl (C=O) groups excluding carboxylic acids is 1. The van der Waals surface area contributed by atoms with Crippen molar-refractivity contribution in [1.29, 1.82) is 0 Å². The van der Waals surface area contributed by atoms with E-state index in [1.165, 1.54) is 0 Å². The van der Waals surface area contributed by atoms with Crippen molar-refractivity contribution in [2.24, 2.45) is 0 Å². The van der Waals surface area contributed by atoms with Crippen molar-refractivity contribution >= 4 is 23.2 Å². The van der Waals surface area contributed by atoms with Crippen molar-refractivity contribution in [1.82, 2.24) is 10.3 Å². The Bertz CT molecular complexity index is 448. The van der Waals surface area contributed by atoms with Gasteiger partial charge in [-0.25, -0.2) is 4.98 Å². The topological polar surface area (TPSA) is 83.3 Å². The van der Waals surface area contributed by atoms with Gasteiger partial charge in [0.05, 0.1) is 5.69 Å². The molecule has 0 spiro atoms. The van der Waals surface area contributed by atoms with Gasteiger partial charge in [-0.15, -0.1) is 0 Å². The molecule has 1 aliphatic heterocycles. The first-order chi connectivity index (χ1) is 8.60. The van der Waals surface area contributed by atoms with Crippen LogP contribution in [0.25, 0.3) is 0 Å². The summed E-state index contributed by atoms with van der Waals surface area (Å²) in [6.07, 6.45) is 0.945. The van der Waals surface area contributed by atoms with Crippen LogP contribution < -0.4 is 21.3 Å². The molecule has 18 heavy (non-hydrogen) atoms. The van der Waals surface area contributed by atoms with E-state index in [9.17, 15) is 4.79 Å². The van der Waals surface area contributed by atoms with Gasteiger partial charge in [-0.05, 0) is 18.6 Å². The normalized spacial score (nSPS) is 18.8. The Labute approximate surface area is 107 Å². The van der Waals surface area contributed by atoms with Crippen LogP contribution in [0.2, 0.25) is 0 Å². The van der Waals surface area contributed by atoms with E-state index in [1.807, 2.05) is 12.1 Å². The van der Waals surface area contributed by atoms with Crippen LogP contribution >= 0.6 is 0 Å². The standard InChI is InChI=1S/C12H19N5O/c1-8(18)15-9-5-6-17(7-9)11-4-3-10(13)12(14-2)16-11/h3-4,9H,5-7,13H2,1-2H3,(H,14,16)(H,15,18). The molecule has 6 nitrogen and oxygen atoms in total. The number of nitrogens with zero attached hydrogens (tertiary/aromatic N) is 2. The highest BCUT2D eigenvalue weighted by atomic mass is 16.1. The molecule has 0 aromatic carbocycles. The molecule has 1 fully saturated rings. The summed E-state index contributed by atoms with van der Waals surface area (Å²) in [6, 6.07) is 3.96. The van der Waals surface area contributed by atoms with Crippen molar-refractivity contribution in [2.75, 3.05) is 36.1 Å². The zero-order valence-corrected chi connectivity index (χ0v) is 10.7. The van der Waals surface area contributed by atoms with Gasteiger partial charge in [-0.2, -0.15) is 0 Å². The van der Waals surface area contributed by atoms with Gasteiger partial charge < -0.3 is 21.3 Å². The van der Waals surface area contributed by atoms with Gasteiger partial charge in [0.1, 0.15) is 5.82 Å². The second kappa shape index (κ2) is 5.12. The molecule has 0 aliphatic carbocycles. The monoisotopic (exact) mass is 249 g/mol. The second-order valence-electron chi connectivity index (χ2n) is 4.49. The van der Waals surface area contributed by atoms with Crippen LogP contribution in [-0.4, -0.2) is 37.1 Å². The lowest BCUT2D eigenvalue weighted by molar-refractivity contribution is -0.119. The minimum Gasteiger partial charge on any atom is -0.396 e. The summed E-state index contributed by atoms with van der Waals surface area (Å²) >= 11 is 0. The summed E-state index contributed by atoms with van der Waals surface area (Å²) in [4.78, 5) is 17.6. The first-order valence-electron chi connectivity index (χ1n) is 6.06. The van der Waals surface area contributed by atoms with Crippen LogP contribution in [-0.2, 0) is 4.79 Å². The maximum absolute atomic E-state index is 11.0. The highest BCUT2D eigenvalue weighted by molar-refractivity contribution is 5.73. The Morgan fingerprint density at radius 2 is 2.33 bits per heavy atom. The number of carbonyl (C=O) groups is 1. The SMILES string of the molecule is CNc1nc(N2CCC(NC(C)=O)C2)ccc1N. The van der Waals surface area contributed by atoms with Gasteiger partial charge in [0.2, 0.25) is 5.91 Å². The third-order valence-electron chi connectivity index (χ3n) is 3.07. The highest BCUT2D eigenvalue weighted by Crippen LogP contribution is 2.23. The summed E-state index contributed by atoms with van der Waals surface area (Å²) in [5.41, 5.74) is 6.43. The van der Waals surface area contributed by atoms with Crippen molar-refractivity contribution in [3.05, 3.63) is 12.1 Å². The molecule has 1 aromatic heterocycles. The number of rotatable bonds is 3. The lowest BCUT2D eigenvalue weighted by atomic mass is 10.2. The van der Waals surface area contributed by atoms with Crippen molar-refractivity contribution < 1.29 is 4.79 Å². The van der Waals surface area contributed by atoms with Crippen molar-refractivity contribution in [2.45, 2.75) is 19.4 Å². The number of aromatic nitrogens is 1. The first kappa shape index (κ1) is 12.5. The van der Waals surface area contributed by atoms with E-state index >= 15 is 0 Å². The molecular weight excluding hydrogens is 230 g/mol. The number of nitrogens with one attached hydrogen (secondary N) is 2. The minimum absolute atomic E-state index is 0.0167. The molecule has 98 valence electrons. The first-order valence-corrected chi connectivity index (χ1v) is 6.06. The van der Waals surface area contributed by atoms with E-state index in [0.29, 0.717) is 11.5 Å². The van der Waals surface area contributed by atoms with Crippen LogP contribution in [0.3, 0.4) is 0 Å². The van der Waals surface area contributed by atoms with Gasteiger partial charge in [0.25, 0.3) is 0 Å². The number of nitrogen functional groups attached to an aromatic ring is 1. The Morgan fingerprint density at radius 1 is 1.56 bits per heavy atom. The fourth-order valence-electron chi connectivity index (χ4n) is 2.21. The molecule has 2 heterocycles. The number of hydrogen-bond donors (Lipinski definition) is 3. The molecule has 1 atom stereocenters. The van der Waals surface area contributed by atoms with E-state index in [1.54, 1.807) is 14.0 Å². The number of hydrogen-bond acceptors (Lipinski definition) is 5. The van der Waals surface area contributed by atoms with Gasteiger partial charge in [0.15, 0.2) is 5.82 Å².